The van der Waals surface area contributed by atoms with Crippen molar-refractivity contribution in [1.29, 1.82) is 0 Å². The Morgan fingerprint density at radius 3 is 2.85 bits per heavy atom. The van der Waals surface area contributed by atoms with Gasteiger partial charge < -0.3 is 9.64 Å². The van der Waals surface area contributed by atoms with Crippen molar-refractivity contribution in [3.63, 3.8) is 0 Å². The predicted octanol–water partition coefficient (Wildman–Crippen LogP) is 1.51. The molecular formula is C16H22N2O2. The zero-order valence-electron chi connectivity index (χ0n) is 12.0. The molecular weight excluding hydrogens is 252 g/mol. The van der Waals surface area contributed by atoms with Crippen LogP contribution in [0.3, 0.4) is 0 Å². The Bertz CT molecular complexity index is 463. The number of ether oxygens (including phenoxy) is 1. The number of piperidine rings is 1. The van der Waals surface area contributed by atoms with Crippen molar-refractivity contribution in [3.05, 3.63) is 35.9 Å². The molecule has 0 aromatic heterocycles. The zero-order valence-corrected chi connectivity index (χ0v) is 12.0. The molecule has 2 heterocycles. The van der Waals surface area contributed by atoms with Gasteiger partial charge in [0.25, 0.3) is 0 Å². The molecule has 2 atom stereocenters. The average molecular weight is 274 g/mol. The van der Waals surface area contributed by atoms with Crippen LogP contribution in [0.5, 0.6) is 0 Å². The van der Waals surface area contributed by atoms with E-state index in [-0.39, 0.29) is 18.1 Å². The maximum atomic E-state index is 11.8. The van der Waals surface area contributed by atoms with Crippen molar-refractivity contribution in [1.82, 2.24) is 9.80 Å². The highest BCUT2D eigenvalue weighted by Crippen LogP contribution is 2.24. The quantitative estimate of drug-likeness (QED) is 0.819. The third-order valence-electron chi connectivity index (χ3n) is 4.32. The maximum Gasteiger partial charge on any atom is 0.219 e. The molecule has 108 valence electrons. The monoisotopic (exact) mass is 274 g/mol. The normalized spacial score (nSPS) is 27.1. The van der Waals surface area contributed by atoms with Gasteiger partial charge in [0.2, 0.25) is 5.91 Å². The summed E-state index contributed by atoms with van der Waals surface area (Å²) in [5, 5.41) is 0. The topological polar surface area (TPSA) is 32.8 Å². The molecule has 0 N–H and O–H groups in total. The van der Waals surface area contributed by atoms with Crippen molar-refractivity contribution in [3.8, 4) is 0 Å². The van der Waals surface area contributed by atoms with E-state index in [9.17, 15) is 4.79 Å². The zero-order chi connectivity index (χ0) is 13.9. The summed E-state index contributed by atoms with van der Waals surface area (Å²) in [7, 11) is 0. The lowest BCUT2D eigenvalue weighted by Gasteiger charge is -2.46. The number of likely N-dealkylation sites (tertiary alicyclic amines) is 1. The lowest BCUT2D eigenvalue weighted by atomic mass is 9.98. The van der Waals surface area contributed by atoms with Gasteiger partial charge in [-0.25, -0.2) is 0 Å². The van der Waals surface area contributed by atoms with Gasteiger partial charge in [-0.2, -0.15) is 0 Å². The Hall–Kier alpha value is -1.39. The lowest BCUT2D eigenvalue weighted by molar-refractivity contribution is -0.150. The highest BCUT2D eigenvalue weighted by molar-refractivity contribution is 5.73. The van der Waals surface area contributed by atoms with Crippen LogP contribution in [0.2, 0.25) is 0 Å². The summed E-state index contributed by atoms with van der Waals surface area (Å²) in [6.45, 7) is 5.99. The van der Waals surface area contributed by atoms with E-state index in [1.54, 1.807) is 6.92 Å². The summed E-state index contributed by atoms with van der Waals surface area (Å²) in [5.74, 6) is 0.171. The number of amides is 1. The summed E-state index contributed by atoms with van der Waals surface area (Å²) < 4.78 is 5.84. The van der Waals surface area contributed by atoms with Crippen LogP contribution in [-0.2, 0) is 16.1 Å². The first-order chi connectivity index (χ1) is 9.74. The number of rotatable bonds is 2. The third-order valence-corrected chi connectivity index (χ3v) is 4.32. The highest BCUT2D eigenvalue weighted by atomic mass is 16.5. The standard InChI is InChI=1S/C16H22N2O2/c1-13(19)18-9-10-20-16-7-8-17(12-15(16)18)11-14-5-3-2-4-6-14/h2-6,15-16H,7-12H2,1H3. The SMILES string of the molecule is CC(=O)N1CCOC2CCN(Cc3ccccc3)CC21. The summed E-state index contributed by atoms with van der Waals surface area (Å²) in [5.41, 5.74) is 1.33. The first kappa shape index (κ1) is 13.6. The van der Waals surface area contributed by atoms with E-state index in [2.05, 4.69) is 29.2 Å². The third kappa shape index (κ3) is 2.86. The molecule has 2 saturated heterocycles. The van der Waals surface area contributed by atoms with Crippen LogP contribution in [0.15, 0.2) is 30.3 Å². The minimum absolute atomic E-state index is 0.171. The molecule has 20 heavy (non-hydrogen) atoms. The number of carbonyl (C=O) groups excluding carboxylic acids is 1. The van der Waals surface area contributed by atoms with Gasteiger partial charge in [0.15, 0.2) is 0 Å². The first-order valence-corrected chi connectivity index (χ1v) is 7.39. The van der Waals surface area contributed by atoms with E-state index in [1.165, 1.54) is 5.56 Å². The second-order valence-electron chi connectivity index (χ2n) is 5.70. The van der Waals surface area contributed by atoms with Crippen LogP contribution in [0, 0.1) is 0 Å². The van der Waals surface area contributed by atoms with E-state index in [4.69, 9.17) is 4.74 Å². The summed E-state index contributed by atoms with van der Waals surface area (Å²) in [4.78, 5) is 16.2. The lowest BCUT2D eigenvalue weighted by Crippen LogP contribution is -2.60. The van der Waals surface area contributed by atoms with Crippen LogP contribution in [-0.4, -0.2) is 54.1 Å². The minimum atomic E-state index is 0.171. The predicted molar refractivity (Wildman–Crippen MR) is 77.3 cm³/mol. The van der Waals surface area contributed by atoms with E-state index < -0.39 is 0 Å². The smallest absolute Gasteiger partial charge is 0.219 e. The number of benzene rings is 1. The molecule has 3 rings (SSSR count). The highest BCUT2D eigenvalue weighted by Gasteiger charge is 2.37. The van der Waals surface area contributed by atoms with Gasteiger partial charge in [0.1, 0.15) is 0 Å². The van der Waals surface area contributed by atoms with E-state index >= 15 is 0 Å². The van der Waals surface area contributed by atoms with Gasteiger partial charge in [-0.15, -0.1) is 0 Å². The van der Waals surface area contributed by atoms with Crippen molar-refractivity contribution < 1.29 is 9.53 Å². The van der Waals surface area contributed by atoms with Gasteiger partial charge in [-0.3, -0.25) is 9.69 Å². The minimum Gasteiger partial charge on any atom is -0.374 e. The van der Waals surface area contributed by atoms with Gasteiger partial charge in [-0.05, 0) is 12.0 Å². The van der Waals surface area contributed by atoms with Crippen LogP contribution >= 0.6 is 0 Å². The molecule has 0 spiro atoms. The fourth-order valence-corrected chi connectivity index (χ4v) is 3.31. The second kappa shape index (κ2) is 5.94. The molecule has 4 nitrogen and oxygen atoms in total. The molecule has 0 saturated carbocycles. The number of hydrogen-bond donors (Lipinski definition) is 0. The fraction of sp³-hybridized carbons (Fsp3) is 0.562. The van der Waals surface area contributed by atoms with E-state index in [1.807, 2.05) is 11.0 Å². The van der Waals surface area contributed by atoms with E-state index in [0.717, 1.165) is 32.6 Å². The molecule has 2 aliphatic rings. The van der Waals surface area contributed by atoms with Crippen molar-refractivity contribution >= 4 is 5.91 Å². The molecule has 2 fully saturated rings. The van der Waals surface area contributed by atoms with Crippen LogP contribution in [0.1, 0.15) is 18.9 Å². The second-order valence-corrected chi connectivity index (χ2v) is 5.70. The van der Waals surface area contributed by atoms with Gasteiger partial charge >= 0.3 is 0 Å². The Labute approximate surface area is 120 Å². The van der Waals surface area contributed by atoms with Crippen molar-refractivity contribution in [2.45, 2.75) is 32.0 Å². The van der Waals surface area contributed by atoms with E-state index in [0.29, 0.717) is 6.61 Å². The number of hydrogen-bond acceptors (Lipinski definition) is 3. The molecule has 2 aliphatic heterocycles. The van der Waals surface area contributed by atoms with Gasteiger partial charge in [0.05, 0.1) is 18.8 Å². The van der Waals surface area contributed by atoms with Gasteiger partial charge in [-0.1, -0.05) is 30.3 Å². The fourth-order valence-electron chi connectivity index (χ4n) is 3.31. The summed E-state index contributed by atoms with van der Waals surface area (Å²) in [6, 6.07) is 10.7. The molecule has 0 bridgehead atoms. The molecule has 0 radical (unpaired) electrons. The van der Waals surface area contributed by atoms with Crippen LogP contribution in [0.4, 0.5) is 0 Å². The first-order valence-electron chi connectivity index (χ1n) is 7.39. The summed E-state index contributed by atoms with van der Waals surface area (Å²) >= 11 is 0. The Balaban J connectivity index is 1.67. The molecule has 4 heteroatoms. The molecule has 2 unspecified atom stereocenters. The Kier molecular flexibility index (Phi) is 4.03. The van der Waals surface area contributed by atoms with Crippen molar-refractivity contribution in [2.75, 3.05) is 26.2 Å². The Morgan fingerprint density at radius 1 is 1.30 bits per heavy atom. The number of carbonyl (C=O) groups is 1. The molecule has 0 aliphatic carbocycles. The molecule has 1 aromatic rings. The van der Waals surface area contributed by atoms with Crippen LogP contribution < -0.4 is 0 Å². The largest absolute Gasteiger partial charge is 0.374 e. The number of nitrogens with zero attached hydrogens (tertiary/aromatic N) is 2. The van der Waals surface area contributed by atoms with Crippen molar-refractivity contribution in [2.24, 2.45) is 0 Å². The molecule has 1 aromatic carbocycles. The molecule has 1 amide bonds. The maximum absolute atomic E-state index is 11.8. The average Bonchev–Trinajstić information content (AvgIpc) is 2.47. The number of morpholine rings is 1. The summed E-state index contributed by atoms with van der Waals surface area (Å²) in [6.07, 6.45) is 1.24. The van der Waals surface area contributed by atoms with Gasteiger partial charge in [0, 0.05) is 33.1 Å². The number of fused-ring (bicyclic) bond motifs is 1. The Morgan fingerprint density at radius 2 is 2.10 bits per heavy atom. The van der Waals surface area contributed by atoms with Crippen LogP contribution in [0.25, 0.3) is 0 Å².